The van der Waals surface area contributed by atoms with Crippen LogP contribution in [0.2, 0.25) is 5.15 Å². The van der Waals surface area contributed by atoms with Gasteiger partial charge in [0.05, 0.1) is 17.6 Å². The van der Waals surface area contributed by atoms with E-state index >= 15 is 0 Å². The highest BCUT2D eigenvalue weighted by atomic mass is 35.5. The van der Waals surface area contributed by atoms with Gasteiger partial charge in [-0.3, -0.25) is 4.79 Å². The Morgan fingerprint density at radius 2 is 1.96 bits per heavy atom. The molecule has 1 N–H and O–H groups in total. The van der Waals surface area contributed by atoms with E-state index in [-0.39, 0.29) is 17.3 Å². The van der Waals surface area contributed by atoms with Crippen LogP contribution >= 0.6 is 11.6 Å². The molecule has 6 heteroatoms. The molecule has 3 aromatic rings. The molecule has 0 bridgehead atoms. The van der Waals surface area contributed by atoms with Gasteiger partial charge in [-0.15, -0.1) is 0 Å². The number of benzene rings is 1. The summed E-state index contributed by atoms with van der Waals surface area (Å²) >= 11 is 5.99. The number of halogens is 1. The van der Waals surface area contributed by atoms with E-state index in [0.717, 1.165) is 0 Å². The van der Waals surface area contributed by atoms with Crippen molar-refractivity contribution in [1.29, 1.82) is 0 Å². The summed E-state index contributed by atoms with van der Waals surface area (Å²) in [5.41, 5.74) is 1.49. The van der Waals surface area contributed by atoms with Crippen LogP contribution in [0.5, 0.6) is 0 Å². The van der Waals surface area contributed by atoms with Crippen molar-refractivity contribution in [2.45, 2.75) is 6.92 Å². The summed E-state index contributed by atoms with van der Waals surface area (Å²) in [4.78, 5) is 31.6. The molecule has 0 aliphatic heterocycles. The summed E-state index contributed by atoms with van der Waals surface area (Å²) in [5.74, 6) is -0.684. The number of nitrogens with one attached hydrogen (secondary N) is 1. The molecular weight excluding hydrogens is 316 g/mol. The Bertz CT molecular complexity index is 936. The third kappa shape index (κ3) is 2.83. The Kier molecular flexibility index (Phi) is 4.12. The zero-order chi connectivity index (χ0) is 16.4. The molecular formula is C17H13ClN2O3. The van der Waals surface area contributed by atoms with Crippen LogP contribution in [-0.2, 0) is 4.74 Å². The van der Waals surface area contributed by atoms with E-state index in [0.29, 0.717) is 22.2 Å². The van der Waals surface area contributed by atoms with Crippen molar-refractivity contribution in [2.75, 3.05) is 6.61 Å². The molecule has 116 valence electrons. The van der Waals surface area contributed by atoms with Crippen molar-refractivity contribution >= 4 is 28.6 Å². The molecule has 0 radical (unpaired) electrons. The molecule has 0 saturated heterocycles. The lowest BCUT2D eigenvalue weighted by Gasteiger charge is -2.11. The highest BCUT2D eigenvalue weighted by Crippen LogP contribution is 2.29. The van der Waals surface area contributed by atoms with Gasteiger partial charge in [0, 0.05) is 5.56 Å². The van der Waals surface area contributed by atoms with Gasteiger partial charge in [0.15, 0.2) is 0 Å². The molecule has 0 saturated carbocycles. The van der Waals surface area contributed by atoms with E-state index in [9.17, 15) is 9.59 Å². The van der Waals surface area contributed by atoms with Crippen LogP contribution < -0.4 is 5.56 Å². The van der Waals surface area contributed by atoms with Crippen molar-refractivity contribution in [3.63, 3.8) is 0 Å². The molecule has 0 spiro atoms. The largest absolute Gasteiger partial charge is 0.462 e. The number of hydrogen-bond acceptors (Lipinski definition) is 4. The minimum absolute atomic E-state index is 0.0692. The van der Waals surface area contributed by atoms with Crippen molar-refractivity contribution in [2.24, 2.45) is 0 Å². The molecule has 2 heterocycles. The number of carbonyl (C=O) groups is 1. The van der Waals surface area contributed by atoms with Crippen LogP contribution in [0.4, 0.5) is 0 Å². The lowest BCUT2D eigenvalue weighted by molar-refractivity contribution is 0.0525. The first-order valence-electron chi connectivity index (χ1n) is 7.07. The minimum Gasteiger partial charge on any atom is -0.462 e. The van der Waals surface area contributed by atoms with Gasteiger partial charge in [-0.25, -0.2) is 9.78 Å². The molecule has 0 atom stereocenters. The van der Waals surface area contributed by atoms with Crippen molar-refractivity contribution < 1.29 is 9.53 Å². The van der Waals surface area contributed by atoms with E-state index in [1.54, 1.807) is 31.2 Å². The maximum atomic E-state index is 12.4. The van der Waals surface area contributed by atoms with Gasteiger partial charge in [0.25, 0.3) is 5.56 Å². The lowest BCUT2D eigenvalue weighted by atomic mass is 9.99. The van der Waals surface area contributed by atoms with Gasteiger partial charge in [-0.2, -0.15) is 0 Å². The molecule has 23 heavy (non-hydrogen) atoms. The fourth-order valence-corrected chi connectivity index (χ4v) is 2.57. The third-order valence-electron chi connectivity index (χ3n) is 3.37. The van der Waals surface area contributed by atoms with E-state index in [1.807, 2.05) is 18.2 Å². The van der Waals surface area contributed by atoms with Gasteiger partial charge >= 0.3 is 5.97 Å². The molecule has 0 amide bonds. The number of fused-ring (bicyclic) bond motifs is 1. The first-order chi connectivity index (χ1) is 11.1. The molecule has 3 rings (SSSR count). The molecule has 1 aromatic carbocycles. The fourth-order valence-electron chi connectivity index (χ4n) is 2.43. The van der Waals surface area contributed by atoms with Gasteiger partial charge < -0.3 is 9.72 Å². The zero-order valence-corrected chi connectivity index (χ0v) is 13.1. The third-order valence-corrected chi connectivity index (χ3v) is 3.58. The second-order valence-electron chi connectivity index (χ2n) is 4.82. The quantitative estimate of drug-likeness (QED) is 0.590. The highest BCUT2D eigenvalue weighted by molar-refractivity contribution is 6.30. The average molecular weight is 329 g/mol. The lowest BCUT2D eigenvalue weighted by Crippen LogP contribution is -2.22. The molecule has 0 aliphatic carbocycles. The van der Waals surface area contributed by atoms with Gasteiger partial charge in [-0.1, -0.05) is 41.9 Å². The van der Waals surface area contributed by atoms with Crippen LogP contribution in [0.25, 0.3) is 22.2 Å². The molecule has 0 aliphatic rings. The first kappa shape index (κ1) is 15.2. The number of pyridine rings is 2. The highest BCUT2D eigenvalue weighted by Gasteiger charge is 2.22. The monoisotopic (exact) mass is 328 g/mol. The number of aromatic amines is 1. The van der Waals surface area contributed by atoms with Gasteiger partial charge in [-0.05, 0) is 24.6 Å². The number of nitrogens with zero attached hydrogens (tertiary/aromatic N) is 1. The van der Waals surface area contributed by atoms with E-state index in [4.69, 9.17) is 16.3 Å². The predicted molar refractivity (Wildman–Crippen MR) is 88.8 cm³/mol. The second-order valence-corrected chi connectivity index (χ2v) is 5.21. The predicted octanol–water partition coefficient (Wildman–Crippen LogP) is 3.42. The molecule has 2 aromatic heterocycles. The molecule has 0 unspecified atom stereocenters. The molecule has 0 fully saturated rings. The molecule has 5 nitrogen and oxygen atoms in total. The number of aromatic nitrogens is 2. The Labute approximate surface area is 136 Å². The summed E-state index contributed by atoms with van der Waals surface area (Å²) < 4.78 is 5.03. The van der Waals surface area contributed by atoms with Crippen LogP contribution in [0, 0.1) is 0 Å². The number of esters is 1. The van der Waals surface area contributed by atoms with Gasteiger partial charge in [0.2, 0.25) is 0 Å². The fraction of sp³-hybridized carbons (Fsp3) is 0.118. The number of ether oxygens (including phenoxy) is 1. The minimum atomic E-state index is -0.684. The van der Waals surface area contributed by atoms with E-state index in [1.165, 1.54) is 0 Å². The summed E-state index contributed by atoms with van der Waals surface area (Å²) in [6.07, 6.45) is 0. The Morgan fingerprint density at radius 1 is 1.22 bits per heavy atom. The summed E-state index contributed by atoms with van der Waals surface area (Å²) in [6.45, 7) is 1.86. The summed E-state index contributed by atoms with van der Waals surface area (Å²) in [5, 5.41) is 0.275. The van der Waals surface area contributed by atoms with Crippen LogP contribution in [-0.4, -0.2) is 22.5 Å². The topological polar surface area (TPSA) is 72.0 Å². The van der Waals surface area contributed by atoms with E-state index in [2.05, 4.69) is 9.97 Å². The zero-order valence-electron chi connectivity index (χ0n) is 12.3. The maximum Gasteiger partial charge on any atom is 0.344 e. The summed E-state index contributed by atoms with van der Waals surface area (Å²) in [6, 6.07) is 12.3. The van der Waals surface area contributed by atoms with Crippen molar-refractivity contribution in [3.05, 3.63) is 63.5 Å². The van der Waals surface area contributed by atoms with Crippen LogP contribution in [0.3, 0.4) is 0 Å². The number of H-pyrrole nitrogens is 1. The van der Waals surface area contributed by atoms with Crippen LogP contribution in [0.1, 0.15) is 17.3 Å². The van der Waals surface area contributed by atoms with Crippen LogP contribution in [0.15, 0.2) is 47.3 Å². The van der Waals surface area contributed by atoms with Gasteiger partial charge in [0.1, 0.15) is 10.7 Å². The second kappa shape index (κ2) is 6.22. The smallest absolute Gasteiger partial charge is 0.344 e. The van der Waals surface area contributed by atoms with Crippen molar-refractivity contribution in [1.82, 2.24) is 9.97 Å². The number of hydrogen-bond donors (Lipinski definition) is 1. The number of carbonyl (C=O) groups excluding carboxylic acids is 1. The normalized spacial score (nSPS) is 10.7. The first-order valence-corrected chi connectivity index (χ1v) is 7.44. The summed E-state index contributed by atoms with van der Waals surface area (Å²) in [7, 11) is 0. The Balaban J connectivity index is 2.44. The van der Waals surface area contributed by atoms with Crippen molar-refractivity contribution in [3.8, 4) is 11.1 Å². The van der Waals surface area contributed by atoms with E-state index < -0.39 is 11.5 Å². The maximum absolute atomic E-state index is 12.4. The Morgan fingerprint density at radius 3 is 2.65 bits per heavy atom. The number of rotatable bonds is 3. The Hall–Kier alpha value is -2.66. The standard InChI is InChI=1S/C17H13ClN2O3/c1-2-23-17(22)14-13(10-6-4-3-5-7-10)15-11(19-16(14)21)8-9-12(18)20-15/h3-9H,2H2,1H3,(H,19,21). The average Bonchev–Trinajstić information content (AvgIpc) is 2.55. The SMILES string of the molecule is CCOC(=O)c1c(-c2ccccc2)c2nc(Cl)ccc2[nH]c1=O.